The third-order valence-electron chi connectivity index (χ3n) is 3.61. The number of hydrogen-bond acceptors (Lipinski definition) is 5. The second-order valence-electron chi connectivity index (χ2n) is 4.91. The van der Waals surface area contributed by atoms with Crippen LogP contribution in [-0.2, 0) is 0 Å². The lowest BCUT2D eigenvalue weighted by Crippen LogP contribution is -2.46. The minimum atomic E-state index is -0.256. The summed E-state index contributed by atoms with van der Waals surface area (Å²) in [5, 5.41) is 5.73. The van der Waals surface area contributed by atoms with E-state index in [0.717, 1.165) is 42.2 Å². The van der Waals surface area contributed by atoms with E-state index in [9.17, 15) is 4.79 Å². The molecule has 1 fully saturated rings. The molecule has 2 aromatic rings. The van der Waals surface area contributed by atoms with Crippen molar-refractivity contribution in [1.29, 1.82) is 0 Å². The summed E-state index contributed by atoms with van der Waals surface area (Å²) in [4.78, 5) is 17.4. The summed E-state index contributed by atoms with van der Waals surface area (Å²) in [6.07, 6.45) is 0. The van der Waals surface area contributed by atoms with Crippen LogP contribution in [-0.4, -0.2) is 48.0 Å². The van der Waals surface area contributed by atoms with Crippen LogP contribution in [0.15, 0.2) is 29.1 Å². The molecule has 0 bridgehead atoms. The topological polar surface area (TPSA) is 67.4 Å². The molecule has 1 aliphatic rings. The van der Waals surface area contributed by atoms with Gasteiger partial charge in [-0.2, -0.15) is 0 Å². The van der Waals surface area contributed by atoms with Crippen molar-refractivity contribution in [3.63, 3.8) is 0 Å². The van der Waals surface area contributed by atoms with E-state index in [1.54, 1.807) is 6.07 Å². The Kier molecular flexibility index (Phi) is 2.87. The zero-order chi connectivity index (χ0) is 13.4. The molecule has 3 rings (SSSR count). The number of hydrogen-bond donors (Lipinski definition) is 1. The summed E-state index contributed by atoms with van der Waals surface area (Å²) < 4.78 is 0. The Labute approximate surface area is 111 Å². The summed E-state index contributed by atoms with van der Waals surface area (Å²) in [5.41, 5.74) is -0.256. The molecule has 0 saturated carbocycles. The largest absolute Gasteiger partial charge is 0.352 e. The van der Waals surface area contributed by atoms with Gasteiger partial charge in [0.1, 0.15) is 0 Å². The monoisotopic (exact) mass is 259 g/mol. The van der Waals surface area contributed by atoms with Crippen LogP contribution in [0.4, 0.5) is 5.82 Å². The summed E-state index contributed by atoms with van der Waals surface area (Å²) in [5.74, 6) is 6.47. The lowest BCUT2D eigenvalue weighted by Gasteiger charge is -2.33. The van der Waals surface area contributed by atoms with Gasteiger partial charge in [0.05, 0.1) is 5.39 Å². The molecule has 1 saturated heterocycles. The van der Waals surface area contributed by atoms with E-state index in [4.69, 9.17) is 5.84 Å². The van der Waals surface area contributed by atoms with Crippen molar-refractivity contribution >= 4 is 16.6 Å². The van der Waals surface area contributed by atoms with E-state index in [1.165, 1.54) is 0 Å². The predicted octanol–water partition coefficient (Wildman–Crippen LogP) is -0.138. The SMILES string of the molecule is CN1CCN(c2nn(N)c(=O)c3ccccc23)CC1. The molecule has 0 amide bonds. The first-order valence-corrected chi connectivity index (χ1v) is 6.37. The molecule has 0 unspecified atom stereocenters. The van der Waals surface area contributed by atoms with Gasteiger partial charge in [0, 0.05) is 31.6 Å². The molecule has 6 heteroatoms. The molecule has 0 aliphatic carbocycles. The maximum atomic E-state index is 12.0. The second kappa shape index (κ2) is 4.55. The van der Waals surface area contributed by atoms with Gasteiger partial charge in [-0.1, -0.05) is 18.2 Å². The molecular weight excluding hydrogens is 242 g/mol. The highest BCUT2D eigenvalue weighted by atomic mass is 16.1. The number of piperazine rings is 1. The zero-order valence-electron chi connectivity index (χ0n) is 10.9. The van der Waals surface area contributed by atoms with Crippen molar-refractivity contribution in [2.75, 3.05) is 44.0 Å². The number of nitrogens with zero attached hydrogens (tertiary/aromatic N) is 4. The van der Waals surface area contributed by atoms with Gasteiger partial charge < -0.3 is 15.6 Å². The maximum absolute atomic E-state index is 12.0. The van der Waals surface area contributed by atoms with Crippen molar-refractivity contribution in [2.45, 2.75) is 0 Å². The van der Waals surface area contributed by atoms with Crippen molar-refractivity contribution < 1.29 is 0 Å². The Bertz CT molecular complexity index is 658. The van der Waals surface area contributed by atoms with Crippen LogP contribution < -0.4 is 16.3 Å². The van der Waals surface area contributed by atoms with Crippen LogP contribution in [0, 0.1) is 0 Å². The minimum Gasteiger partial charge on any atom is -0.352 e. The average molecular weight is 259 g/mol. The standard InChI is InChI=1S/C13H17N5O/c1-16-6-8-17(9-7-16)12-10-4-2-3-5-11(10)13(19)18(14)15-12/h2-5H,6-9,14H2,1H3. The molecule has 19 heavy (non-hydrogen) atoms. The summed E-state index contributed by atoms with van der Waals surface area (Å²) in [6, 6.07) is 7.49. The molecular formula is C13H17N5O. The number of nitrogen functional groups attached to an aromatic ring is 1. The second-order valence-corrected chi connectivity index (χ2v) is 4.91. The molecule has 2 N–H and O–H groups in total. The molecule has 6 nitrogen and oxygen atoms in total. The van der Waals surface area contributed by atoms with Crippen molar-refractivity contribution in [3.8, 4) is 0 Å². The van der Waals surface area contributed by atoms with Gasteiger partial charge in [0.15, 0.2) is 5.82 Å². The summed E-state index contributed by atoms with van der Waals surface area (Å²) in [7, 11) is 2.10. The lowest BCUT2D eigenvalue weighted by molar-refractivity contribution is 0.312. The third kappa shape index (κ3) is 2.04. The maximum Gasteiger partial charge on any atom is 0.293 e. The van der Waals surface area contributed by atoms with Crippen LogP contribution >= 0.6 is 0 Å². The van der Waals surface area contributed by atoms with Crippen LogP contribution in [0.2, 0.25) is 0 Å². The van der Waals surface area contributed by atoms with Crippen molar-refractivity contribution in [1.82, 2.24) is 14.8 Å². The number of aromatic nitrogens is 2. The van der Waals surface area contributed by atoms with E-state index in [1.807, 2.05) is 18.2 Å². The van der Waals surface area contributed by atoms with E-state index in [-0.39, 0.29) is 5.56 Å². The van der Waals surface area contributed by atoms with Crippen LogP contribution in [0.1, 0.15) is 0 Å². The first-order valence-electron chi connectivity index (χ1n) is 6.37. The van der Waals surface area contributed by atoms with Gasteiger partial charge in [-0.15, -0.1) is 9.89 Å². The van der Waals surface area contributed by atoms with Gasteiger partial charge in [-0.05, 0) is 13.1 Å². The fraction of sp³-hybridized carbons (Fsp3) is 0.385. The summed E-state index contributed by atoms with van der Waals surface area (Å²) in [6.45, 7) is 3.76. The number of anilines is 1. The van der Waals surface area contributed by atoms with Gasteiger partial charge in [0.25, 0.3) is 5.56 Å². The Morgan fingerprint density at radius 3 is 2.42 bits per heavy atom. The Morgan fingerprint density at radius 1 is 1.11 bits per heavy atom. The molecule has 0 spiro atoms. The molecule has 0 radical (unpaired) electrons. The predicted molar refractivity (Wildman–Crippen MR) is 75.9 cm³/mol. The van der Waals surface area contributed by atoms with Crippen molar-refractivity contribution in [3.05, 3.63) is 34.6 Å². The number of fused-ring (bicyclic) bond motifs is 1. The number of rotatable bonds is 1. The molecule has 1 aliphatic heterocycles. The van der Waals surface area contributed by atoms with E-state index in [2.05, 4.69) is 21.9 Å². The van der Waals surface area contributed by atoms with E-state index in [0.29, 0.717) is 5.39 Å². The Morgan fingerprint density at radius 2 is 1.74 bits per heavy atom. The van der Waals surface area contributed by atoms with E-state index >= 15 is 0 Å². The fourth-order valence-corrected chi connectivity index (χ4v) is 2.44. The third-order valence-corrected chi connectivity index (χ3v) is 3.61. The normalized spacial score (nSPS) is 17.0. The van der Waals surface area contributed by atoms with Gasteiger partial charge in [-0.25, -0.2) is 0 Å². The van der Waals surface area contributed by atoms with Gasteiger partial charge in [0.2, 0.25) is 0 Å². The smallest absolute Gasteiger partial charge is 0.293 e. The molecule has 0 atom stereocenters. The van der Waals surface area contributed by atoms with Crippen LogP contribution in [0.25, 0.3) is 10.8 Å². The quantitative estimate of drug-likeness (QED) is 0.722. The highest BCUT2D eigenvalue weighted by molar-refractivity contribution is 5.91. The number of likely N-dealkylation sites (N-methyl/N-ethyl adjacent to an activating group) is 1. The average Bonchev–Trinajstić information content (AvgIpc) is 2.44. The molecule has 100 valence electrons. The number of nitrogens with two attached hydrogens (primary N) is 1. The van der Waals surface area contributed by atoms with Crippen molar-refractivity contribution in [2.24, 2.45) is 0 Å². The molecule has 1 aromatic carbocycles. The van der Waals surface area contributed by atoms with Gasteiger partial charge in [-0.3, -0.25) is 4.79 Å². The summed E-state index contributed by atoms with van der Waals surface area (Å²) >= 11 is 0. The molecule has 2 heterocycles. The highest BCUT2D eigenvalue weighted by Crippen LogP contribution is 2.22. The minimum absolute atomic E-state index is 0.256. The number of benzene rings is 1. The molecule has 1 aromatic heterocycles. The first kappa shape index (κ1) is 12.0. The lowest BCUT2D eigenvalue weighted by atomic mass is 10.1. The van der Waals surface area contributed by atoms with Crippen LogP contribution in [0.5, 0.6) is 0 Å². The van der Waals surface area contributed by atoms with Gasteiger partial charge >= 0.3 is 0 Å². The Hall–Kier alpha value is -2.08. The zero-order valence-corrected chi connectivity index (χ0v) is 10.9. The highest BCUT2D eigenvalue weighted by Gasteiger charge is 2.19. The Balaban J connectivity index is 2.13. The van der Waals surface area contributed by atoms with Crippen LogP contribution in [0.3, 0.4) is 0 Å². The fourth-order valence-electron chi connectivity index (χ4n) is 2.44. The first-order chi connectivity index (χ1) is 9.16. The van der Waals surface area contributed by atoms with E-state index < -0.39 is 0 Å².